The van der Waals surface area contributed by atoms with Gasteiger partial charge in [0.05, 0.1) is 14.7 Å². The molecular weight excluding hydrogens is 753 g/mol. The number of aromatic amines is 1. The van der Waals surface area contributed by atoms with E-state index in [4.69, 9.17) is 27.7 Å². The van der Waals surface area contributed by atoms with Gasteiger partial charge in [0.25, 0.3) is 22.7 Å². The first-order chi connectivity index (χ1) is 26.5. The first kappa shape index (κ1) is 47.7. The first-order valence-corrected chi connectivity index (χ1v) is 14.0. The fourth-order valence-corrected chi connectivity index (χ4v) is 2.92. The van der Waals surface area contributed by atoms with Gasteiger partial charge in [0, 0.05) is 28.5 Å². The summed E-state index contributed by atoms with van der Waals surface area (Å²) < 4.78 is 82.7. The minimum Gasteiger partial charge on any atom is -0.618 e. The Labute approximate surface area is 316 Å². The van der Waals surface area contributed by atoms with Crippen LogP contribution in [0.2, 0.25) is 0 Å². The van der Waals surface area contributed by atoms with E-state index in [1.807, 2.05) is 4.98 Å². The average Bonchev–Trinajstić information content (AvgIpc) is 3.17. The molecule has 5 aromatic heterocycles. The molecule has 5 heterocycles. The molecule has 0 saturated heterocycles. The Hall–Kier alpha value is -8.29. The van der Waals surface area contributed by atoms with Gasteiger partial charge in [0.2, 0.25) is 6.20 Å². The lowest BCUT2D eigenvalue weighted by Crippen LogP contribution is -2.30. The number of alkyl halides is 1. The summed E-state index contributed by atoms with van der Waals surface area (Å²) in [5.41, 5.74) is -1.30. The molecule has 5 rings (SSSR count). The SMILES string of the molecule is CC(=O)Oc1nc(C#N)ccc1F.Cn1c(C#N)ccc(F)c1=O.N#Cc1ccc(F)c(=O)[nH]1.N#Cc1ccc(F)c[n+]1[O-].N#Cc1ccc(F)cn1.[2H]CF.[B]. The first-order valence-electron chi connectivity index (χ1n) is 14.7. The number of halogens is 6. The van der Waals surface area contributed by atoms with E-state index in [1.165, 1.54) is 37.4 Å². The number of carbonyl (C=O) groups excluding carboxylic acids is 1. The number of ether oxygens (including phenoxy) is 1. The van der Waals surface area contributed by atoms with Gasteiger partial charge in [-0.15, -0.1) is 0 Å². The highest BCUT2D eigenvalue weighted by Gasteiger charge is 2.08. The number of H-pyrrole nitrogens is 1. The van der Waals surface area contributed by atoms with Crippen LogP contribution in [-0.4, -0.2) is 41.1 Å². The third-order valence-corrected chi connectivity index (χ3v) is 5.36. The predicted molar refractivity (Wildman–Crippen MR) is 180 cm³/mol. The maximum atomic E-state index is 12.8. The number of pyridine rings is 5. The summed E-state index contributed by atoms with van der Waals surface area (Å²) in [4.78, 5) is 40.6. The molecule has 56 heavy (non-hydrogen) atoms. The Bertz CT molecular complexity index is 2440. The molecule has 15 nitrogen and oxygen atoms in total. The summed E-state index contributed by atoms with van der Waals surface area (Å²) in [5.74, 6) is -4.70. The molecule has 3 radical (unpaired) electrons. The molecule has 0 unspecified atom stereocenters. The van der Waals surface area contributed by atoms with Crippen LogP contribution < -0.4 is 20.6 Å². The number of nitrogens with zero attached hydrogens (tertiary/aromatic N) is 9. The van der Waals surface area contributed by atoms with Crippen molar-refractivity contribution in [3.8, 4) is 36.2 Å². The molecule has 283 valence electrons. The molecule has 0 saturated carbocycles. The van der Waals surface area contributed by atoms with Crippen molar-refractivity contribution in [3.63, 3.8) is 0 Å². The van der Waals surface area contributed by atoms with Crippen molar-refractivity contribution in [2.75, 3.05) is 7.15 Å². The van der Waals surface area contributed by atoms with Gasteiger partial charge >= 0.3 is 5.97 Å². The molecular formula is C34H22BF6N10O5. The van der Waals surface area contributed by atoms with Gasteiger partial charge in [-0.2, -0.15) is 36.0 Å². The summed E-state index contributed by atoms with van der Waals surface area (Å²) in [7, 11) is 0.351. The predicted octanol–water partition coefficient (Wildman–Crippen LogP) is 3.43. The van der Waals surface area contributed by atoms with Gasteiger partial charge in [0.15, 0.2) is 29.3 Å². The molecule has 0 atom stereocenters. The van der Waals surface area contributed by atoms with Gasteiger partial charge in [-0.25, -0.2) is 26.9 Å². The number of hydrogen-bond acceptors (Lipinski definition) is 12. The molecule has 0 bridgehead atoms. The van der Waals surface area contributed by atoms with Crippen LogP contribution in [0.1, 0.15) is 36.8 Å². The van der Waals surface area contributed by atoms with Crippen LogP contribution in [0.4, 0.5) is 26.3 Å². The molecule has 0 aliphatic carbocycles. The van der Waals surface area contributed by atoms with Crippen LogP contribution in [0.15, 0.2) is 82.6 Å². The van der Waals surface area contributed by atoms with Gasteiger partial charge in [-0.05, 0) is 54.6 Å². The van der Waals surface area contributed by atoms with Crippen molar-refractivity contribution in [1.29, 1.82) is 26.3 Å². The second kappa shape index (κ2) is 26.5. The lowest BCUT2D eigenvalue weighted by atomic mass is 10.3. The summed E-state index contributed by atoms with van der Waals surface area (Å²) in [6.07, 6.45) is 1.72. The Morgan fingerprint density at radius 3 is 1.88 bits per heavy atom. The fraction of sp³-hybridized carbons (Fsp3) is 0.0882. The molecule has 0 aliphatic heterocycles. The summed E-state index contributed by atoms with van der Waals surface area (Å²) in [6.45, 7) is 1.13. The van der Waals surface area contributed by atoms with Gasteiger partial charge in [0.1, 0.15) is 52.9 Å². The number of nitriles is 5. The van der Waals surface area contributed by atoms with Crippen molar-refractivity contribution in [1.82, 2.24) is 19.5 Å². The van der Waals surface area contributed by atoms with Crippen molar-refractivity contribution < 1.29 is 42.0 Å². The standard InChI is InChI=1S/C8H5FN2O2.C7H5FN2O.2C6H3FN2O.C6H3FN2.CH3F.B/c1-5(12)13-8-7(9)3-2-6(4-10)11-8;1-10-5(4-9)2-3-6(8)7(10)11;7-5-1-2-6(3-8)9(10)4-5;7-5-2-1-4(3-8)9-6(5)10;7-5-1-2-6(3-8)9-4-5;1-2;/h2-3H,1H3;2-3H,1H3;1-2,4H;1-2H,(H,9,10);1-2,4H;1H3;/i;;;;;1D;. The van der Waals surface area contributed by atoms with E-state index >= 15 is 0 Å². The van der Waals surface area contributed by atoms with E-state index in [0.717, 1.165) is 48.0 Å². The molecule has 1 N–H and O–H groups in total. The largest absolute Gasteiger partial charge is 0.618 e. The summed E-state index contributed by atoms with van der Waals surface area (Å²) in [5, 5.41) is 52.0. The normalized spacial score (nSPS) is 8.73. The van der Waals surface area contributed by atoms with E-state index in [0.29, 0.717) is 6.20 Å². The number of hydrogen-bond donors (Lipinski definition) is 1. The Morgan fingerprint density at radius 1 is 0.821 bits per heavy atom. The zero-order chi connectivity index (χ0) is 42.8. The Kier molecular flexibility index (Phi) is 22.6. The van der Waals surface area contributed by atoms with Crippen molar-refractivity contribution >= 4 is 14.4 Å². The van der Waals surface area contributed by atoms with E-state index < -0.39 is 59.2 Å². The topological polar surface area (TPSA) is 253 Å². The van der Waals surface area contributed by atoms with E-state index in [1.54, 1.807) is 30.3 Å². The van der Waals surface area contributed by atoms with Crippen LogP contribution in [0.3, 0.4) is 0 Å². The molecule has 5 aromatic rings. The minimum absolute atomic E-state index is 0. The van der Waals surface area contributed by atoms with Gasteiger partial charge in [-0.1, -0.05) is 0 Å². The number of rotatable bonds is 1. The molecule has 22 heteroatoms. The fourth-order valence-electron chi connectivity index (χ4n) is 2.92. The maximum absolute atomic E-state index is 12.8. The van der Waals surface area contributed by atoms with E-state index in [2.05, 4.69) is 14.7 Å². The molecule has 0 aliphatic rings. The van der Waals surface area contributed by atoms with Crippen LogP contribution in [0.5, 0.6) is 5.88 Å². The van der Waals surface area contributed by atoms with Crippen molar-refractivity contribution in [2.45, 2.75) is 6.92 Å². The van der Waals surface area contributed by atoms with E-state index in [9.17, 15) is 45.9 Å². The number of carbonyl (C=O) groups is 1. The minimum atomic E-state index is -1.00. The lowest BCUT2D eigenvalue weighted by molar-refractivity contribution is -0.610. The number of esters is 1. The van der Waals surface area contributed by atoms with Crippen LogP contribution in [0.25, 0.3) is 0 Å². The quantitative estimate of drug-likeness (QED) is 0.0845. The van der Waals surface area contributed by atoms with E-state index in [-0.39, 0.29) is 41.6 Å². The lowest BCUT2D eigenvalue weighted by Gasteiger charge is -2.00. The Morgan fingerprint density at radius 2 is 1.39 bits per heavy atom. The number of nitrogens with one attached hydrogen (secondary N) is 1. The average molecular weight is 776 g/mol. The highest BCUT2D eigenvalue weighted by molar-refractivity contribution is 5.75. The third-order valence-electron chi connectivity index (χ3n) is 5.36. The summed E-state index contributed by atoms with van der Waals surface area (Å²) in [6, 6.07) is 19.9. The second-order valence-electron chi connectivity index (χ2n) is 9.04. The third kappa shape index (κ3) is 17.8. The van der Waals surface area contributed by atoms with Gasteiger partial charge in [-0.3, -0.25) is 18.8 Å². The van der Waals surface area contributed by atoms with Crippen LogP contribution in [0, 0.1) is 90.9 Å². The monoisotopic (exact) mass is 776 g/mol. The van der Waals surface area contributed by atoms with Crippen LogP contribution >= 0.6 is 0 Å². The maximum Gasteiger partial charge on any atom is 0.309 e. The zero-order valence-corrected chi connectivity index (χ0v) is 28.5. The zero-order valence-electron chi connectivity index (χ0n) is 29.5. The summed E-state index contributed by atoms with van der Waals surface area (Å²) >= 11 is 0. The van der Waals surface area contributed by atoms with Crippen molar-refractivity contribution in [3.05, 3.63) is 157 Å². The molecule has 0 aromatic carbocycles. The second-order valence-corrected chi connectivity index (χ2v) is 9.04. The highest BCUT2D eigenvalue weighted by atomic mass is 19.1. The number of aromatic nitrogens is 5. The molecule has 0 amide bonds. The van der Waals surface area contributed by atoms with Gasteiger partial charge < -0.3 is 19.5 Å². The van der Waals surface area contributed by atoms with Crippen LogP contribution in [-0.2, 0) is 11.8 Å². The Balaban J connectivity index is 0. The highest BCUT2D eigenvalue weighted by Crippen LogP contribution is 2.13. The molecule has 0 fully saturated rings. The van der Waals surface area contributed by atoms with Crippen molar-refractivity contribution in [2.24, 2.45) is 7.05 Å². The smallest absolute Gasteiger partial charge is 0.309 e. The molecule has 0 spiro atoms.